The topological polar surface area (TPSA) is 238 Å². The Labute approximate surface area is 260 Å². The van der Waals surface area contributed by atoms with Crippen LogP contribution in [0.25, 0.3) is 0 Å². The minimum absolute atomic E-state index is 0.0579. The van der Waals surface area contributed by atoms with Crippen molar-refractivity contribution in [2.75, 3.05) is 25.4 Å². The van der Waals surface area contributed by atoms with E-state index in [1.54, 1.807) is 0 Å². The molecule has 1 rings (SSSR count). The van der Waals surface area contributed by atoms with E-state index in [9.17, 15) is 19.2 Å². The summed E-state index contributed by atoms with van der Waals surface area (Å²) in [6.07, 6.45) is 2.42. The number of carboxylic acids is 1. The molecule has 4 atom stereocenters. The third-order valence-corrected chi connectivity index (χ3v) is 7.49. The zero-order valence-corrected chi connectivity index (χ0v) is 27.6. The largest absolute Gasteiger partial charge is 0.550 e. The molecule has 0 radical (unpaired) electrons. The number of likely N-dealkylation sites (tertiary alicyclic amines) is 1. The Morgan fingerprint density at radius 1 is 1.07 bits per heavy atom. The average molecular weight is 630 g/mol. The lowest BCUT2D eigenvalue weighted by Gasteiger charge is -2.30. The first-order valence-electron chi connectivity index (χ1n) is 14.7. The number of nitrogens with two attached hydrogens (primary N) is 3. The minimum Gasteiger partial charge on any atom is -0.550 e. The van der Waals surface area contributed by atoms with E-state index in [4.69, 9.17) is 27.1 Å². The third-order valence-electron chi connectivity index (χ3n) is 6.13. The number of hydrogen-bond acceptors (Lipinski definition) is 9. The maximum absolute atomic E-state index is 13.7. The monoisotopic (exact) mass is 629 g/mol. The average Bonchev–Trinajstić information content (AvgIpc) is 3.36. The summed E-state index contributed by atoms with van der Waals surface area (Å²) >= 11 is 1.52. The molecule has 0 spiro atoms. The van der Waals surface area contributed by atoms with E-state index in [0.717, 1.165) is 6.92 Å². The summed E-state index contributed by atoms with van der Waals surface area (Å²) in [7, 11) is 0. The zero-order chi connectivity index (χ0) is 33.3. The summed E-state index contributed by atoms with van der Waals surface area (Å²) in [4.78, 5) is 67.0. The van der Waals surface area contributed by atoms with Crippen molar-refractivity contribution in [1.82, 2.24) is 20.9 Å². The van der Waals surface area contributed by atoms with Crippen molar-refractivity contribution in [3.63, 3.8) is 0 Å². The van der Waals surface area contributed by atoms with Crippen molar-refractivity contribution in [2.24, 2.45) is 28.1 Å². The first-order valence-corrected chi connectivity index (χ1v) is 15.7. The Morgan fingerprint density at radius 3 is 2.16 bits per heavy atom. The van der Waals surface area contributed by atoms with Gasteiger partial charge in [-0.3, -0.25) is 24.2 Å². The number of nitrogens with zero attached hydrogens (tertiary/aromatic N) is 2. The highest BCUT2D eigenvalue weighted by Gasteiger charge is 2.38. The summed E-state index contributed by atoms with van der Waals surface area (Å²) in [6, 6.07) is -3.15. The number of rotatable bonds is 15. The SMILES string of the molecule is CC(=O)[O-].CCNC(=O)[C@@H]1CCCN1C(=O)[C@H](CCCN=C(N)N)NC(=O)[C@H](CSC(C)(C)C)NC(=O)[C@H](N)CC(C)C. The number of thioether (sulfide) groups is 1. The van der Waals surface area contributed by atoms with E-state index in [1.807, 2.05) is 41.5 Å². The molecule has 248 valence electrons. The molecule has 0 aromatic carbocycles. The van der Waals surface area contributed by atoms with Gasteiger partial charge in [-0.25, -0.2) is 0 Å². The molecule has 0 unspecified atom stereocenters. The lowest BCUT2D eigenvalue weighted by Crippen LogP contribution is -2.58. The second-order valence-electron chi connectivity index (χ2n) is 11.8. The molecule has 1 aliphatic heterocycles. The maximum Gasteiger partial charge on any atom is 0.245 e. The third kappa shape index (κ3) is 17.6. The summed E-state index contributed by atoms with van der Waals surface area (Å²) in [5, 5.41) is 17.3. The molecule has 0 aromatic heterocycles. The van der Waals surface area contributed by atoms with Crippen LogP contribution in [0.5, 0.6) is 0 Å². The molecule has 0 aromatic rings. The highest BCUT2D eigenvalue weighted by atomic mass is 32.2. The molecule has 9 N–H and O–H groups in total. The quantitative estimate of drug-likeness (QED) is 0.0718. The molecular weight excluding hydrogens is 576 g/mol. The van der Waals surface area contributed by atoms with Crippen molar-refractivity contribution >= 4 is 47.3 Å². The number of aliphatic carboxylic acids is 1. The molecule has 4 amide bonds. The molecule has 43 heavy (non-hydrogen) atoms. The van der Waals surface area contributed by atoms with Crippen LogP contribution in [-0.2, 0) is 24.0 Å². The number of likely N-dealkylation sites (N-methyl/N-ethyl adjacent to an activating group) is 1. The van der Waals surface area contributed by atoms with Gasteiger partial charge in [-0.1, -0.05) is 34.6 Å². The molecule has 1 fully saturated rings. The molecule has 0 aliphatic carbocycles. The van der Waals surface area contributed by atoms with Crippen LogP contribution in [0.4, 0.5) is 0 Å². The normalized spacial score (nSPS) is 16.7. The fraction of sp³-hybridized carbons (Fsp3) is 0.786. The number of hydrogen-bond donors (Lipinski definition) is 6. The predicted molar refractivity (Wildman–Crippen MR) is 168 cm³/mol. The second-order valence-corrected chi connectivity index (χ2v) is 13.7. The van der Waals surface area contributed by atoms with Crippen LogP contribution >= 0.6 is 11.8 Å². The summed E-state index contributed by atoms with van der Waals surface area (Å²) in [5.41, 5.74) is 16.9. The first-order chi connectivity index (χ1) is 19.9. The molecule has 1 aliphatic rings. The van der Waals surface area contributed by atoms with Gasteiger partial charge in [-0.15, -0.1) is 0 Å². The Bertz CT molecular complexity index is 948. The van der Waals surface area contributed by atoms with Gasteiger partial charge in [0.1, 0.15) is 18.1 Å². The van der Waals surface area contributed by atoms with E-state index in [0.29, 0.717) is 44.5 Å². The van der Waals surface area contributed by atoms with Crippen LogP contribution in [0.3, 0.4) is 0 Å². The predicted octanol–water partition coefficient (Wildman–Crippen LogP) is -1.20. The van der Waals surface area contributed by atoms with Crippen LogP contribution < -0.4 is 38.3 Å². The number of carbonyl (C=O) groups excluding carboxylic acids is 5. The number of carboxylic acid groups (broad SMARTS) is 1. The zero-order valence-electron chi connectivity index (χ0n) is 26.7. The summed E-state index contributed by atoms with van der Waals surface area (Å²) in [6.45, 7) is 14.0. The smallest absolute Gasteiger partial charge is 0.245 e. The molecule has 15 heteroatoms. The lowest BCUT2D eigenvalue weighted by molar-refractivity contribution is -0.302. The molecule has 0 saturated carbocycles. The highest BCUT2D eigenvalue weighted by Crippen LogP contribution is 2.24. The maximum atomic E-state index is 13.7. The second kappa shape index (κ2) is 20.0. The number of nitrogens with one attached hydrogen (secondary N) is 3. The van der Waals surface area contributed by atoms with Gasteiger partial charge in [0.2, 0.25) is 23.6 Å². The highest BCUT2D eigenvalue weighted by molar-refractivity contribution is 8.00. The van der Waals surface area contributed by atoms with Crippen LogP contribution in [0.2, 0.25) is 0 Å². The van der Waals surface area contributed by atoms with Crippen molar-refractivity contribution < 1.29 is 29.1 Å². The van der Waals surface area contributed by atoms with Gasteiger partial charge in [-0.2, -0.15) is 11.8 Å². The fourth-order valence-electron chi connectivity index (χ4n) is 4.24. The van der Waals surface area contributed by atoms with Gasteiger partial charge >= 0.3 is 0 Å². The summed E-state index contributed by atoms with van der Waals surface area (Å²) < 4.78 is -0.159. The van der Waals surface area contributed by atoms with Gasteiger partial charge in [0.15, 0.2) is 5.96 Å². The number of aliphatic imine (C=N–C) groups is 1. The van der Waals surface area contributed by atoms with Gasteiger partial charge in [0, 0.05) is 36.1 Å². The van der Waals surface area contributed by atoms with Crippen LogP contribution in [-0.4, -0.2) is 94.8 Å². The van der Waals surface area contributed by atoms with Crippen LogP contribution in [0, 0.1) is 5.92 Å². The van der Waals surface area contributed by atoms with Crippen molar-refractivity contribution in [3.05, 3.63) is 0 Å². The van der Waals surface area contributed by atoms with E-state index in [-0.39, 0.29) is 41.4 Å². The number of guanidine groups is 1. The number of carbonyl (C=O) groups is 5. The lowest BCUT2D eigenvalue weighted by atomic mass is 10.0. The van der Waals surface area contributed by atoms with E-state index in [1.165, 1.54) is 16.7 Å². The van der Waals surface area contributed by atoms with Gasteiger partial charge in [0.05, 0.1) is 6.04 Å². The van der Waals surface area contributed by atoms with Crippen LogP contribution in [0.15, 0.2) is 4.99 Å². The van der Waals surface area contributed by atoms with Crippen molar-refractivity contribution in [2.45, 2.75) is 109 Å². The van der Waals surface area contributed by atoms with Crippen molar-refractivity contribution in [3.8, 4) is 0 Å². The Balaban J connectivity index is 0.00000413. The van der Waals surface area contributed by atoms with E-state index in [2.05, 4.69) is 20.9 Å². The molecule has 0 bridgehead atoms. The molecular formula is C28H53N8O6S-. The standard InChI is InChI=1S/C26H50N8O4S.C2H4O2/c1-7-30-23(37)20-11-9-13-34(20)24(38)18(10-8-12-31-25(28)29)32-22(36)19(15-39-26(4,5)6)33-21(35)17(27)14-16(2)3;1-2(3)4/h16-20H,7-15,27H2,1-6H3,(H,30,37)(H,32,36)(H,33,35)(H4,28,29,31);1H3,(H,3,4)/p-1/t17-,18+,19+,20+;/m1./s1. The Morgan fingerprint density at radius 2 is 1.65 bits per heavy atom. The minimum atomic E-state index is -1.08. The van der Waals surface area contributed by atoms with Gasteiger partial charge < -0.3 is 48.0 Å². The Kier molecular flexibility index (Phi) is 18.6. The summed E-state index contributed by atoms with van der Waals surface area (Å²) in [5.74, 6) is -2.07. The molecule has 14 nitrogen and oxygen atoms in total. The Hall–Kier alpha value is -3.07. The van der Waals surface area contributed by atoms with Crippen LogP contribution in [0.1, 0.15) is 80.6 Å². The van der Waals surface area contributed by atoms with Gasteiger partial charge in [0.25, 0.3) is 0 Å². The van der Waals surface area contributed by atoms with Gasteiger partial charge in [-0.05, 0) is 51.9 Å². The van der Waals surface area contributed by atoms with E-state index >= 15 is 0 Å². The van der Waals surface area contributed by atoms with E-state index < -0.39 is 42.0 Å². The number of amides is 4. The van der Waals surface area contributed by atoms with Crippen molar-refractivity contribution in [1.29, 1.82) is 0 Å². The molecule has 1 heterocycles. The molecule has 1 saturated heterocycles. The fourth-order valence-corrected chi connectivity index (χ4v) is 5.14. The first kappa shape index (κ1) is 39.9.